The molecule has 1 fully saturated rings. The topological polar surface area (TPSA) is 75.6 Å². The Labute approximate surface area is 88.8 Å². The second-order valence-electron chi connectivity index (χ2n) is 4.00. The number of carbonyl (C=O) groups excluding carboxylic acids is 1. The van der Waals surface area contributed by atoms with Gasteiger partial charge >= 0.3 is 5.97 Å². The maximum atomic E-state index is 11.2. The van der Waals surface area contributed by atoms with Crippen LogP contribution in [0.2, 0.25) is 0 Å². The van der Waals surface area contributed by atoms with E-state index in [9.17, 15) is 9.59 Å². The third-order valence-corrected chi connectivity index (χ3v) is 2.94. The van der Waals surface area contributed by atoms with E-state index in [0.29, 0.717) is 25.7 Å². The fourth-order valence-corrected chi connectivity index (χ4v) is 2.05. The van der Waals surface area contributed by atoms with Crippen molar-refractivity contribution < 1.29 is 19.4 Å². The van der Waals surface area contributed by atoms with Crippen molar-refractivity contribution in [2.45, 2.75) is 44.2 Å². The molecule has 1 amide bonds. The van der Waals surface area contributed by atoms with E-state index in [4.69, 9.17) is 9.84 Å². The van der Waals surface area contributed by atoms with Gasteiger partial charge in [0.15, 0.2) is 0 Å². The minimum Gasteiger partial charge on any atom is -0.480 e. The number of carbonyl (C=O) groups is 2. The highest BCUT2D eigenvalue weighted by molar-refractivity contribution is 5.86. The molecule has 0 spiro atoms. The highest BCUT2D eigenvalue weighted by atomic mass is 16.5. The number of methoxy groups -OCH3 is 1. The van der Waals surface area contributed by atoms with Crippen LogP contribution in [0, 0.1) is 0 Å². The molecule has 0 saturated heterocycles. The largest absolute Gasteiger partial charge is 0.480 e. The fourth-order valence-electron chi connectivity index (χ4n) is 2.05. The van der Waals surface area contributed by atoms with Gasteiger partial charge in [0.25, 0.3) is 0 Å². The molecule has 0 aromatic carbocycles. The van der Waals surface area contributed by atoms with Gasteiger partial charge < -0.3 is 15.2 Å². The lowest BCUT2D eigenvalue weighted by Crippen LogP contribution is -2.56. The van der Waals surface area contributed by atoms with Gasteiger partial charge in [0.2, 0.25) is 5.91 Å². The SMILES string of the molecule is CO[C@H]1CC[C@@](NC(C)=O)(C(=O)O)CC1. The molecule has 1 aliphatic rings. The summed E-state index contributed by atoms with van der Waals surface area (Å²) in [4.78, 5) is 22.1. The molecule has 0 heterocycles. The van der Waals surface area contributed by atoms with Gasteiger partial charge in [-0.25, -0.2) is 4.79 Å². The molecule has 0 bridgehead atoms. The first-order chi connectivity index (χ1) is 7.00. The van der Waals surface area contributed by atoms with Crippen molar-refractivity contribution in [2.75, 3.05) is 7.11 Å². The molecule has 5 nitrogen and oxygen atoms in total. The van der Waals surface area contributed by atoms with Gasteiger partial charge in [-0.2, -0.15) is 0 Å². The Bertz CT molecular complexity index is 256. The Morgan fingerprint density at radius 3 is 2.27 bits per heavy atom. The second-order valence-corrected chi connectivity index (χ2v) is 4.00. The first-order valence-corrected chi connectivity index (χ1v) is 5.05. The smallest absolute Gasteiger partial charge is 0.329 e. The molecule has 1 aliphatic carbocycles. The van der Waals surface area contributed by atoms with Crippen LogP contribution in [0.15, 0.2) is 0 Å². The zero-order valence-corrected chi connectivity index (χ0v) is 9.08. The van der Waals surface area contributed by atoms with Crippen molar-refractivity contribution in [1.29, 1.82) is 0 Å². The maximum absolute atomic E-state index is 11.2. The number of nitrogens with one attached hydrogen (secondary N) is 1. The Morgan fingerprint density at radius 1 is 1.40 bits per heavy atom. The standard InChI is InChI=1S/C10H17NO4/c1-7(12)11-10(9(13)14)5-3-8(15-2)4-6-10/h8H,3-6H2,1-2H3,(H,11,12)(H,13,14)/t8-,10-. The van der Waals surface area contributed by atoms with Gasteiger partial charge in [-0.15, -0.1) is 0 Å². The second kappa shape index (κ2) is 4.61. The summed E-state index contributed by atoms with van der Waals surface area (Å²) in [5.41, 5.74) is -1.08. The van der Waals surface area contributed by atoms with Gasteiger partial charge in [0.1, 0.15) is 5.54 Å². The van der Waals surface area contributed by atoms with Gasteiger partial charge in [-0.3, -0.25) is 4.79 Å². The van der Waals surface area contributed by atoms with Crippen molar-refractivity contribution >= 4 is 11.9 Å². The summed E-state index contributed by atoms with van der Waals surface area (Å²) >= 11 is 0. The van der Waals surface area contributed by atoms with Crippen LogP contribution >= 0.6 is 0 Å². The Hall–Kier alpha value is -1.10. The molecule has 0 radical (unpaired) electrons. The summed E-state index contributed by atoms with van der Waals surface area (Å²) in [7, 11) is 1.62. The number of rotatable bonds is 3. The van der Waals surface area contributed by atoms with E-state index in [1.54, 1.807) is 7.11 Å². The number of amides is 1. The molecule has 5 heteroatoms. The van der Waals surface area contributed by atoms with Crippen LogP contribution in [-0.4, -0.2) is 35.7 Å². The minimum absolute atomic E-state index is 0.117. The van der Waals surface area contributed by atoms with E-state index in [0.717, 1.165) is 0 Å². The number of hydrogen-bond donors (Lipinski definition) is 2. The molecule has 86 valence electrons. The molecular formula is C10H17NO4. The predicted molar refractivity (Wildman–Crippen MR) is 53.4 cm³/mol. The number of ether oxygens (including phenoxy) is 1. The van der Waals surface area contributed by atoms with E-state index in [1.807, 2.05) is 0 Å². The molecular weight excluding hydrogens is 198 g/mol. The summed E-state index contributed by atoms with van der Waals surface area (Å²) < 4.78 is 5.16. The lowest BCUT2D eigenvalue weighted by molar-refractivity contribution is -0.150. The number of carboxylic acids is 1. The highest BCUT2D eigenvalue weighted by Crippen LogP contribution is 2.30. The van der Waals surface area contributed by atoms with Gasteiger partial charge in [-0.05, 0) is 25.7 Å². The Kier molecular flexibility index (Phi) is 3.68. The molecule has 0 aromatic rings. The zero-order chi connectivity index (χ0) is 11.5. The van der Waals surface area contributed by atoms with Crippen LogP contribution in [0.3, 0.4) is 0 Å². The third kappa shape index (κ3) is 2.68. The number of aliphatic carboxylic acids is 1. The molecule has 0 unspecified atom stereocenters. The summed E-state index contributed by atoms with van der Waals surface area (Å²) in [6, 6.07) is 0. The average molecular weight is 215 g/mol. The fraction of sp³-hybridized carbons (Fsp3) is 0.800. The highest BCUT2D eigenvalue weighted by Gasteiger charge is 2.42. The lowest BCUT2D eigenvalue weighted by Gasteiger charge is -2.36. The van der Waals surface area contributed by atoms with Crippen molar-refractivity contribution in [3.8, 4) is 0 Å². The molecule has 0 atom stereocenters. The zero-order valence-electron chi connectivity index (χ0n) is 9.08. The van der Waals surface area contributed by atoms with Crippen LogP contribution in [-0.2, 0) is 14.3 Å². The Balaban J connectivity index is 2.69. The Morgan fingerprint density at radius 2 is 1.93 bits per heavy atom. The van der Waals surface area contributed by atoms with Crippen molar-refractivity contribution in [1.82, 2.24) is 5.32 Å². The first-order valence-electron chi connectivity index (χ1n) is 5.05. The van der Waals surface area contributed by atoms with Crippen molar-refractivity contribution in [3.05, 3.63) is 0 Å². The van der Waals surface area contributed by atoms with Crippen molar-refractivity contribution in [3.63, 3.8) is 0 Å². The molecule has 1 saturated carbocycles. The van der Waals surface area contributed by atoms with Crippen LogP contribution in [0.4, 0.5) is 0 Å². The molecule has 0 aliphatic heterocycles. The van der Waals surface area contributed by atoms with E-state index < -0.39 is 11.5 Å². The summed E-state index contributed by atoms with van der Waals surface area (Å²) in [5.74, 6) is -1.25. The predicted octanol–water partition coefficient (Wildman–Crippen LogP) is 0.535. The van der Waals surface area contributed by atoms with Gasteiger partial charge in [0, 0.05) is 14.0 Å². The molecule has 1 rings (SSSR count). The van der Waals surface area contributed by atoms with Crippen LogP contribution in [0.5, 0.6) is 0 Å². The van der Waals surface area contributed by atoms with E-state index in [1.165, 1.54) is 6.92 Å². The molecule has 15 heavy (non-hydrogen) atoms. The molecule has 2 N–H and O–H groups in total. The number of hydrogen-bond acceptors (Lipinski definition) is 3. The summed E-state index contributed by atoms with van der Waals surface area (Å²) in [6.07, 6.45) is 2.32. The van der Waals surface area contributed by atoms with E-state index >= 15 is 0 Å². The van der Waals surface area contributed by atoms with Gasteiger partial charge in [0.05, 0.1) is 6.10 Å². The summed E-state index contributed by atoms with van der Waals surface area (Å²) in [5, 5.41) is 11.7. The third-order valence-electron chi connectivity index (χ3n) is 2.94. The van der Waals surface area contributed by atoms with Crippen LogP contribution < -0.4 is 5.32 Å². The summed E-state index contributed by atoms with van der Waals surface area (Å²) in [6.45, 7) is 1.34. The van der Waals surface area contributed by atoms with E-state index in [2.05, 4.69) is 5.32 Å². The maximum Gasteiger partial charge on any atom is 0.329 e. The quantitative estimate of drug-likeness (QED) is 0.720. The molecule has 0 aromatic heterocycles. The first kappa shape index (κ1) is 12.0. The van der Waals surface area contributed by atoms with Crippen molar-refractivity contribution in [2.24, 2.45) is 0 Å². The average Bonchev–Trinajstić information content (AvgIpc) is 2.17. The minimum atomic E-state index is -1.08. The van der Waals surface area contributed by atoms with Crippen LogP contribution in [0.1, 0.15) is 32.6 Å². The van der Waals surface area contributed by atoms with Gasteiger partial charge in [-0.1, -0.05) is 0 Å². The van der Waals surface area contributed by atoms with E-state index in [-0.39, 0.29) is 12.0 Å². The normalized spacial score (nSPS) is 30.9. The lowest BCUT2D eigenvalue weighted by atomic mass is 9.80. The van der Waals surface area contributed by atoms with Crippen LogP contribution in [0.25, 0.3) is 0 Å². The number of carboxylic acid groups (broad SMARTS) is 1. The monoisotopic (exact) mass is 215 g/mol.